The molecule has 0 amide bonds. The van der Waals surface area contributed by atoms with Gasteiger partial charge in [-0.05, 0) is 136 Å². The van der Waals surface area contributed by atoms with Crippen molar-refractivity contribution in [2.75, 3.05) is 6.61 Å². The van der Waals surface area contributed by atoms with Crippen molar-refractivity contribution in [2.45, 2.75) is 239 Å². The van der Waals surface area contributed by atoms with E-state index in [0.717, 1.165) is 93.3 Å². The third-order valence-electron chi connectivity index (χ3n) is 17.1. The van der Waals surface area contributed by atoms with E-state index in [1.165, 1.54) is 95.5 Å². The van der Waals surface area contributed by atoms with Crippen molar-refractivity contribution in [3.8, 4) is 0 Å². The Labute approximate surface area is 361 Å². The summed E-state index contributed by atoms with van der Waals surface area (Å²) in [5.74, 6) is 5.15. The summed E-state index contributed by atoms with van der Waals surface area (Å²) in [6.07, 6.45) is 28.8. The molecule has 0 spiro atoms. The minimum absolute atomic E-state index is 0.143. The summed E-state index contributed by atoms with van der Waals surface area (Å²) in [6, 6.07) is 0. The third kappa shape index (κ3) is 12.7. The highest BCUT2D eigenvalue weighted by Crippen LogP contribution is 2.67. The zero-order chi connectivity index (χ0) is 42.6. The van der Waals surface area contributed by atoms with Crippen LogP contribution in [-0.2, 0) is 19.0 Å². The molecule has 0 aromatic carbocycles. The summed E-state index contributed by atoms with van der Waals surface area (Å²) in [5, 5.41) is 32.5. The Morgan fingerprint density at radius 3 is 2.19 bits per heavy atom. The van der Waals surface area contributed by atoms with Gasteiger partial charge in [-0.2, -0.15) is 0 Å². The van der Waals surface area contributed by atoms with Gasteiger partial charge in [-0.15, -0.1) is 0 Å². The second kappa shape index (κ2) is 23.4. The molecule has 0 aromatic heterocycles. The lowest BCUT2D eigenvalue weighted by Gasteiger charge is -2.58. The average molecular weight is 827 g/mol. The molecule has 4 aliphatic carbocycles. The van der Waals surface area contributed by atoms with Crippen LogP contribution >= 0.6 is 0 Å². The van der Waals surface area contributed by atoms with Crippen molar-refractivity contribution in [1.29, 1.82) is 0 Å². The average Bonchev–Trinajstić information content (AvgIpc) is 3.58. The molecule has 0 unspecified atom stereocenters. The van der Waals surface area contributed by atoms with Gasteiger partial charge >= 0.3 is 5.97 Å². The second-order valence-electron chi connectivity index (χ2n) is 21.3. The molecular weight excluding hydrogens is 737 g/mol. The van der Waals surface area contributed by atoms with Gasteiger partial charge in [-0.1, -0.05) is 136 Å². The number of fused-ring (bicyclic) bond motifs is 5. The van der Waals surface area contributed by atoms with Gasteiger partial charge in [0.25, 0.3) is 0 Å². The third-order valence-corrected chi connectivity index (χ3v) is 17.1. The Bertz CT molecular complexity index is 1310. The van der Waals surface area contributed by atoms with E-state index >= 15 is 0 Å². The first-order chi connectivity index (χ1) is 28.3. The molecule has 1 heterocycles. The SMILES string of the molecule is CCCCCCCC/C=C\CCCCCCCC(=O)OC[C@H]1O[C@@H](O[C@H]2CC[C@@]3(C)C(=CC[C@H]4[C@@H]5CC[C@H]([C@H](C)CC[C@@H](C)C(C)C)[C@@]5(C)CC[C@@H]43)C2)[C@H](O)[C@@H](O)[C@@H]1O. The number of allylic oxidation sites excluding steroid dienone is 3. The number of carbonyl (C=O) groups is 1. The first-order valence-corrected chi connectivity index (χ1v) is 25.1. The zero-order valence-electron chi connectivity index (χ0n) is 38.9. The Kier molecular flexibility index (Phi) is 19.4. The summed E-state index contributed by atoms with van der Waals surface area (Å²) in [7, 11) is 0. The molecule has 1 saturated heterocycles. The molecule has 59 heavy (non-hydrogen) atoms. The summed E-state index contributed by atoms with van der Waals surface area (Å²) in [6.45, 7) is 17.0. The van der Waals surface area contributed by atoms with Crippen LogP contribution in [0.2, 0.25) is 0 Å². The van der Waals surface area contributed by atoms with Gasteiger partial charge in [-0.3, -0.25) is 4.79 Å². The quantitative estimate of drug-likeness (QED) is 0.0505. The lowest BCUT2D eigenvalue weighted by Crippen LogP contribution is -2.60. The summed E-state index contributed by atoms with van der Waals surface area (Å²) in [5.41, 5.74) is 2.12. The van der Waals surface area contributed by atoms with Gasteiger partial charge in [0.05, 0.1) is 6.10 Å². The van der Waals surface area contributed by atoms with E-state index in [1.54, 1.807) is 0 Å². The molecule has 3 N–H and O–H groups in total. The maximum atomic E-state index is 12.6. The molecule has 14 atom stereocenters. The minimum Gasteiger partial charge on any atom is -0.463 e. The number of ether oxygens (including phenoxy) is 3. The van der Waals surface area contributed by atoms with Crippen LogP contribution in [-0.4, -0.2) is 64.7 Å². The maximum absolute atomic E-state index is 12.6. The molecule has 340 valence electrons. The van der Waals surface area contributed by atoms with Gasteiger partial charge < -0.3 is 29.5 Å². The van der Waals surface area contributed by atoms with Gasteiger partial charge in [0.2, 0.25) is 0 Å². The van der Waals surface area contributed by atoms with Crippen molar-refractivity contribution in [1.82, 2.24) is 0 Å². The van der Waals surface area contributed by atoms with Gasteiger partial charge in [0, 0.05) is 6.42 Å². The maximum Gasteiger partial charge on any atom is 0.305 e. The summed E-state index contributed by atoms with van der Waals surface area (Å²) < 4.78 is 18.0. The van der Waals surface area contributed by atoms with Crippen molar-refractivity contribution in [3.63, 3.8) is 0 Å². The highest BCUT2D eigenvalue weighted by molar-refractivity contribution is 5.69. The van der Waals surface area contributed by atoms with Gasteiger partial charge in [-0.25, -0.2) is 0 Å². The van der Waals surface area contributed by atoms with Crippen molar-refractivity contribution < 1.29 is 34.3 Å². The molecule has 7 nitrogen and oxygen atoms in total. The van der Waals surface area contributed by atoms with E-state index < -0.39 is 30.7 Å². The fourth-order valence-corrected chi connectivity index (χ4v) is 12.7. The lowest BCUT2D eigenvalue weighted by atomic mass is 9.47. The minimum atomic E-state index is -1.44. The number of esters is 1. The zero-order valence-corrected chi connectivity index (χ0v) is 38.9. The highest BCUT2D eigenvalue weighted by atomic mass is 16.7. The van der Waals surface area contributed by atoms with Crippen LogP contribution in [0.3, 0.4) is 0 Å². The topological polar surface area (TPSA) is 105 Å². The molecule has 5 rings (SSSR count). The van der Waals surface area contributed by atoms with Crippen molar-refractivity contribution in [2.24, 2.45) is 52.3 Å². The Balaban J connectivity index is 1.02. The van der Waals surface area contributed by atoms with Crippen LogP contribution < -0.4 is 0 Å². The number of unbranched alkanes of at least 4 members (excludes halogenated alkanes) is 11. The monoisotopic (exact) mass is 827 g/mol. The number of aliphatic hydroxyl groups excluding tert-OH is 3. The van der Waals surface area contributed by atoms with Crippen LogP contribution in [0.1, 0.15) is 203 Å². The van der Waals surface area contributed by atoms with Crippen LogP contribution in [0.15, 0.2) is 23.8 Å². The molecule has 3 saturated carbocycles. The number of aliphatic hydroxyl groups is 3. The van der Waals surface area contributed by atoms with E-state index in [9.17, 15) is 20.1 Å². The molecule has 4 fully saturated rings. The van der Waals surface area contributed by atoms with Crippen molar-refractivity contribution >= 4 is 5.97 Å². The van der Waals surface area contributed by atoms with E-state index in [4.69, 9.17) is 14.2 Å². The predicted molar refractivity (Wildman–Crippen MR) is 240 cm³/mol. The molecule has 1 aliphatic heterocycles. The number of carbonyl (C=O) groups excluding carboxylic acids is 1. The molecule has 5 aliphatic rings. The standard InChI is InChI=1S/C52H90O7/c1-8-9-10-11-12-13-14-15-16-17-18-19-20-21-22-23-46(53)57-35-45-47(54)48(55)49(56)50(59-45)58-40-30-32-51(6)39(34-40)26-27-41-43-29-28-42(52(43,7)33-31-44(41)51)38(5)25-24-37(4)36(2)3/h15-16,26,36-38,40-45,47-50,54-56H,8-14,17-25,27-35H2,1-7H3/b16-15-/t37-,38-,40+,41+,42-,43+,44+,45-,47-,48+,49-,50-,51+,52-/m1/s1. The highest BCUT2D eigenvalue weighted by Gasteiger charge is 2.59. The van der Waals surface area contributed by atoms with Gasteiger partial charge in [0.1, 0.15) is 31.0 Å². The van der Waals surface area contributed by atoms with Crippen LogP contribution in [0.5, 0.6) is 0 Å². The largest absolute Gasteiger partial charge is 0.463 e. The van der Waals surface area contributed by atoms with E-state index in [2.05, 4.69) is 66.7 Å². The fraction of sp³-hybridized carbons (Fsp3) is 0.904. The van der Waals surface area contributed by atoms with Gasteiger partial charge in [0.15, 0.2) is 6.29 Å². The van der Waals surface area contributed by atoms with Crippen LogP contribution in [0.25, 0.3) is 0 Å². The lowest BCUT2D eigenvalue weighted by molar-refractivity contribution is -0.313. The fourth-order valence-electron chi connectivity index (χ4n) is 12.7. The smallest absolute Gasteiger partial charge is 0.305 e. The molecule has 0 aromatic rings. The van der Waals surface area contributed by atoms with E-state index in [-0.39, 0.29) is 24.1 Å². The van der Waals surface area contributed by atoms with E-state index in [1.807, 2.05) is 0 Å². The number of rotatable bonds is 24. The Morgan fingerprint density at radius 1 is 0.814 bits per heavy atom. The second-order valence-corrected chi connectivity index (χ2v) is 21.3. The van der Waals surface area contributed by atoms with Crippen LogP contribution in [0, 0.1) is 52.3 Å². The molecular formula is C52H90O7. The number of hydrogen-bond acceptors (Lipinski definition) is 7. The Morgan fingerprint density at radius 2 is 1.49 bits per heavy atom. The normalized spacial score (nSPS) is 36.8. The summed E-state index contributed by atoms with van der Waals surface area (Å²) >= 11 is 0. The number of hydrogen-bond donors (Lipinski definition) is 3. The van der Waals surface area contributed by atoms with E-state index in [0.29, 0.717) is 17.8 Å². The van der Waals surface area contributed by atoms with Crippen molar-refractivity contribution in [3.05, 3.63) is 23.8 Å². The predicted octanol–water partition coefficient (Wildman–Crippen LogP) is 12.0. The van der Waals surface area contributed by atoms with Crippen LogP contribution in [0.4, 0.5) is 0 Å². The molecule has 7 heteroatoms. The first kappa shape index (κ1) is 48.8. The molecule has 0 radical (unpaired) electrons. The summed E-state index contributed by atoms with van der Waals surface area (Å²) in [4.78, 5) is 12.6. The molecule has 0 bridgehead atoms. The Hall–Kier alpha value is -1.25. The first-order valence-electron chi connectivity index (χ1n) is 25.1.